The number of alkyl halides is 3. The number of rotatable bonds is 5. The van der Waals surface area contributed by atoms with Crippen LogP contribution in [0.5, 0.6) is 5.75 Å². The van der Waals surface area contributed by atoms with Crippen LogP contribution in [0.4, 0.5) is 24.5 Å². The Labute approximate surface area is 205 Å². The number of hydrogen-bond donors (Lipinski definition) is 2. The van der Waals surface area contributed by atoms with Crippen molar-refractivity contribution in [1.29, 1.82) is 0 Å². The van der Waals surface area contributed by atoms with Crippen LogP contribution >= 0.6 is 0 Å². The highest BCUT2D eigenvalue weighted by atomic mass is 32.2. The van der Waals surface area contributed by atoms with Crippen molar-refractivity contribution in [3.8, 4) is 5.75 Å². The van der Waals surface area contributed by atoms with Gasteiger partial charge in [-0.25, -0.2) is 8.42 Å². The summed E-state index contributed by atoms with van der Waals surface area (Å²) in [5, 5.41) is 2.79. The Morgan fingerprint density at radius 3 is 2.47 bits per heavy atom. The van der Waals surface area contributed by atoms with Gasteiger partial charge in [0.15, 0.2) is 0 Å². The van der Waals surface area contributed by atoms with E-state index in [2.05, 4.69) is 10.0 Å². The van der Waals surface area contributed by atoms with Gasteiger partial charge in [0.05, 0.1) is 22.6 Å². The fourth-order valence-electron chi connectivity index (χ4n) is 4.68. The molecule has 0 saturated heterocycles. The molecule has 11 heteroatoms. The van der Waals surface area contributed by atoms with Crippen LogP contribution in [0.2, 0.25) is 0 Å². The highest BCUT2D eigenvalue weighted by Gasteiger charge is 2.59. The predicted octanol–water partition coefficient (Wildman–Crippen LogP) is 5.56. The molecule has 190 valence electrons. The van der Waals surface area contributed by atoms with E-state index < -0.39 is 44.9 Å². The molecule has 0 radical (unpaired) electrons. The van der Waals surface area contributed by atoms with Gasteiger partial charge in [0.1, 0.15) is 17.3 Å². The number of anilines is 2. The van der Waals surface area contributed by atoms with Crippen molar-refractivity contribution in [3.63, 3.8) is 0 Å². The standard InChI is InChI=1S/C25H23F3N2O5S/c1-14-3-6-17(18(11-14)25(26,27)28)22(20-8-4-15(2)35-20)24(9-10-24)23(31)29-16-5-7-19-21(12-16)34-13-36(32,33)30-19/h3-8,11-12,22,30H,9-10,13H2,1-2H3,(H,29,31). The number of furan rings is 1. The van der Waals surface area contributed by atoms with Crippen molar-refractivity contribution in [2.24, 2.45) is 5.41 Å². The maximum absolute atomic E-state index is 14.1. The van der Waals surface area contributed by atoms with Gasteiger partial charge in [-0.3, -0.25) is 9.52 Å². The predicted molar refractivity (Wildman–Crippen MR) is 126 cm³/mol. The second-order valence-corrected chi connectivity index (χ2v) is 10.9. The van der Waals surface area contributed by atoms with Crippen LogP contribution in [0, 0.1) is 19.3 Å². The maximum atomic E-state index is 14.1. The molecule has 1 aromatic heterocycles. The van der Waals surface area contributed by atoms with Crippen LogP contribution in [0.1, 0.15) is 47.0 Å². The lowest BCUT2D eigenvalue weighted by atomic mass is 9.78. The first-order chi connectivity index (χ1) is 16.9. The molecule has 1 aliphatic carbocycles. The lowest BCUT2D eigenvalue weighted by molar-refractivity contribution is -0.139. The molecule has 1 aliphatic heterocycles. The van der Waals surface area contributed by atoms with Gasteiger partial charge in [0.25, 0.3) is 10.0 Å². The maximum Gasteiger partial charge on any atom is 0.416 e. The number of ether oxygens (including phenoxy) is 1. The van der Waals surface area contributed by atoms with Crippen LogP contribution in [0.3, 0.4) is 0 Å². The SMILES string of the molecule is Cc1ccc(C(c2ccc(C)o2)C2(C(=O)Nc3ccc4c(c3)OCS(=O)(=O)N4)CC2)c(C(F)(F)F)c1. The number of carbonyl (C=O) groups excluding carboxylic acids is 1. The molecule has 2 aromatic carbocycles. The minimum Gasteiger partial charge on any atom is -0.473 e. The van der Waals surface area contributed by atoms with Gasteiger partial charge in [0, 0.05) is 11.8 Å². The largest absolute Gasteiger partial charge is 0.473 e. The summed E-state index contributed by atoms with van der Waals surface area (Å²) in [6.45, 7) is 3.28. The number of sulfonamides is 1. The van der Waals surface area contributed by atoms with E-state index >= 15 is 0 Å². The number of aryl methyl sites for hydroxylation is 2. The first kappa shape index (κ1) is 24.2. The molecule has 36 heavy (non-hydrogen) atoms. The quantitative estimate of drug-likeness (QED) is 0.459. The van der Waals surface area contributed by atoms with E-state index in [1.54, 1.807) is 32.0 Å². The van der Waals surface area contributed by atoms with Crippen LogP contribution < -0.4 is 14.8 Å². The number of nitrogens with one attached hydrogen (secondary N) is 2. The smallest absolute Gasteiger partial charge is 0.416 e. The molecule has 1 atom stereocenters. The highest BCUT2D eigenvalue weighted by Crippen LogP contribution is 2.60. The molecule has 3 aromatic rings. The lowest BCUT2D eigenvalue weighted by Crippen LogP contribution is -2.32. The summed E-state index contributed by atoms with van der Waals surface area (Å²) in [5.74, 6) is -0.910. The van der Waals surface area contributed by atoms with Crippen molar-refractivity contribution in [2.45, 2.75) is 38.8 Å². The third kappa shape index (κ3) is 4.43. The van der Waals surface area contributed by atoms with E-state index in [4.69, 9.17) is 9.15 Å². The monoisotopic (exact) mass is 520 g/mol. The van der Waals surface area contributed by atoms with Gasteiger partial charge in [0.2, 0.25) is 11.8 Å². The van der Waals surface area contributed by atoms with E-state index in [1.165, 1.54) is 24.3 Å². The number of benzene rings is 2. The average Bonchev–Trinajstić information content (AvgIpc) is 3.48. The summed E-state index contributed by atoms with van der Waals surface area (Å²) in [4.78, 5) is 13.6. The molecule has 2 heterocycles. The van der Waals surface area contributed by atoms with Crippen molar-refractivity contribution in [1.82, 2.24) is 0 Å². The van der Waals surface area contributed by atoms with E-state index in [0.717, 1.165) is 6.07 Å². The Bertz CT molecular complexity index is 1460. The summed E-state index contributed by atoms with van der Waals surface area (Å²) in [5.41, 5.74) is -0.940. The molecule has 1 unspecified atom stereocenters. The molecular weight excluding hydrogens is 497 g/mol. The summed E-state index contributed by atoms with van der Waals surface area (Å²) in [6, 6.07) is 11.8. The average molecular weight is 521 g/mol. The molecule has 2 N–H and O–H groups in total. The van der Waals surface area contributed by atoms with Crippen LogP contribution in [-0.4, -0.2) is 20.3 Å². The summed E-state index contributed by atoms with van der Waals surface area (Å²) in [7, 11) is -3.60. The summed E-state index contributed by atoms with van der Waals surface area (Å²) in [6.07, 6.45) is -3.87. The topological polar surface area (TPSA) is 97.6 Å². The van der Waals surface area contributed by atoms with E-state index in [9.17, 15) is 26.4 Å². The third-order valence-corrected chi connectivity index (χ3v) is 7.50. The Kier molecular flexibility index (Phi) is 5.58. The lowest BCUT2D eigenvalue weighted by Gasteiger charge is -2.28. The molecule has 1 fully saturated rings. The van der Waals surface area contributed by atoms with Gasteiger partial charge >= 0.3 is 6.18 Å². The second kappa shape index (κ2) is 8.29. The van der Waals surface area contributed by atoms with Crippen molar-refractivity contribution >= 4 is 27.3 Å². The molecule has 2 aliphatic rings. The number of halogens is 3. The molecule has 1 amide bonds. The zero-order valence-corrected chi connectivity index (χ0v) is 20.2. The Morgan fingerprint density at radius 1 is 1.08 bits per heavy atom. The highest BCUT2D eigenvalue weighted by molar-refractivity contribution is 7.92. The van der Waals surface area contributed by atoms with Gasteiger partial charge < -0.3 is 14.5 Å². The number of carbonyl (C=O) groups is 1. The molecular formula is C25H23F3N2O5S. The minimum atomic E-state index is -4.61. The van der Waals surface area contributed by atoms with Crippen molar-refractivity contribution in [3.05, 3.63) is 76.7 Å². The third-order valence-electron chi connectivity index (χ3n) is 6.54. The molecule has 7 nitrogen and oxygen atoms in total. The van der Waals surface area contributed by atoms with Crippen LogP contribution in [-0.2, 0) is 21.0 Å². The van der Waals surface area contributed by atoms with E-state index in [-0.39, 0.29) is 22.8 Å². The van der Waals surface area contributed by atoms with Crippen molar-refractivity contribution < 1.29 is 35.5 Å². The zero-order chi connectivity index (χ0) is 25.9. The minimum absolute atomic E-state index is 0.0155. The zero-order valence-electron chi connectivity index (χ0n) is 19.4. The van der Waals surface area contributed by atoms with Crippen molar-refractivity contribution in [2.75, 3.05) is 16.0 Å². The number of hydrogen-bond acceptors (Lipinski definition) is 5. The van der Waals surface area contributed by atoms with Gasteiger partial charge in [-0.05, 0) is 62.6 Å². The Hall–Kier alpha value is -3.47. The van der Waals surface area contributed by atoms with Gasteiger partial charge in [-0.1, -0.05) is 17.7 Å². The molecule has 0 bridgehead atoms. The van der Waals surface area contributed by atoms with Gasteiger partial charge in [-0.2, -0.15) is 13.2 Å². The second-order valence-electron chi connectivity index (χ2n) is 9.27. The van der Waals surface area contributed by atoms with E-state index in [0.29, 0.717) is 29.9 Å². The summed E-state index contributed by atoms with van der Waals surface area (Å²) >= 11 is 0. The number of amides is 1. The van der Waals surface area contributed by atoms with Crippen LogP contribution in [0.25, 0.3) is 0 Å². The normalized spacial score (nSPS) is 18.4. The molecule has 5 rings (SSSR count). The first-order valence-electron chi connectivity index (χ1n) is 11.2. The molecule has 1 saturated carbocycles. The fraction of sp³-hybridized carbons (Fsp3) is 0.320. The molecule has 0 spiro atoms. The van der Waals surface area contributed by atoms with E-state index in [1.807, 2.05) is 0 Å². The number of fused-ring (bicyclic) bond motifs is 1. The first-order valence-corrected chi connectivity index (χ1v) is 12.9. The Morgan fingerprint density at radius 2 is 1.83 bits per heavy atom. The van der Waals surface area contributed by atoms with Gasteiger partial charge in [-0.15, -0.1) is 0 Å². The Balaban J connectivity index is 1.52. The fourth-order valence-corrected chi connectivity index (χ4v) is 5.52. The summed E-state index contributed by atoms with van der Waals surface area (Å²) < 4.78 is 79.1. The van der Waals surface area contributed by atoms with Crippen LogP contribution in [0.15, 0.2) is 52.9 Å².